The number of amides is 1. The second kappa shape index (κ2) is 7.12. The molecule has 2 heterocycles. The molecule has 0 saturated carbocycles. The molecule has 0 unspecified atom stereocenters. The van der Waals surface area contributed by atoms with E-state index in [1.165, 1.54) is 0 Å². The molecule has 0 spiro atoms. The predicted octanol–water partition coefficient (Wildman–Crippen LogP) is 2.21. The first-order valence-corrected chi connectivity index (χ1v) is 7.70. The smallest absolute Gasteiger partial charge is 0.262 e. The van der Waals surface area contributed by atoms with Gasteiger partial charge in [0.15, 0.2) is 0 Å². The van der Waals surface area contributed by atoms with E-state index in [9.17, 15) is 10.1 Å². The number of nitrogens with one attached hydrogen (secondary N) is 1. The van der Waals surface area contributed by atoms with E-state index >= 15 is 0 Å². The maximum absolute atomic E-state index is 12.1. The third kappa shape index (κ3) is 3.79. The van der Waals surface area contributed by atoms with Crippen molar-refractivity contribution in [1.29, 1.82) is 5.26 Å². The molecule has 3 rings (SSSR count). The van der Waals surface area contributed by atoms with E-state index in [1.807, 2.05) is 36.4 Å². The lowest BCUT2D eigenvalue weighted by Gasteiger charge is -2.16. The number of nitrogens with zero attached hydrogens (tertiary/aromatic N) is 1. The molecule has 23 heavy (non-hydrogen) atoms. The van der Waals surface area contributed by atoms with Gasteiger partial charge in [-0.1, -0.05) is 18.2 Å². The number of carbonyl (C=O) groups excluding carboxylic acids is 1. The third-order valence-corrected chi connectivity index (χ3v) is 3.86. The van der Waals surface area contributed by atoms with E-state index in [4.69, 9.17) is 9.47 Å². The number of para-hydroxylation sites is 1. The van der Waals surface area contributed by atoms with Crippen LogP contribution < -0.4 is 10.1 Å². The molecule has 118 valence electrons. The Labute approximate surface area is 135 Å². The van der Waals surface area contributed by atoms with Crippen LogP contribution in [0.15, 0.2) is 41.5 Å². The molecule has 0 bridgehead atoms. The van der Waals surface area contributed by atoms with Gasteiger partial charge in [0.2, 0.25) is 0 Å². The number of nitriles is 1. The molecule has 0 aromatic heterocycles. The Morgan fingerprint density at radius 1 is 1.43 bits per heavy atom. The van der Waals surface area contributed by atoms with Crippen molar-refractivity contribution in [2.45, 2.75) is 18.9 Å². The summed E-state index contributed by atoms with van der Waals surface area (Å²) in [5.74, 6) is 0.439. The fourth-order valence-corrected chi connectivity index (χ4v) is 2.66. The van der Waals surface area contributed by atoms with Gasteiger partial charge in [-0.25, -0.2) is 0 Å². The minimum atomic E-state index is -0.372. The number of rotatable bonds is 4. The zero-order valence-corrected chi connectivity index (χ0v) is 12.7. The number of carbonyl (C=O) groups is 1. The molecular formula is C18H18N2O3. The van der Waals surface area contributed by atoms with Crippen LogP contribution in [0, 0.1) is 11.3 Å². The summed E-state index contributed by atoms with van der Waals surface area (Å²) in [5, 5.41) is 12.0. The molecule has 1 aromatic carbocycles. The Bertz CT molecular complexity index is 694. The van der Waals surface area contributed by atoms with Crippen LogP contribution >= 0.6 is 0 Å². The highest BCUT2D eigenvalue weighted by Gasteiger charge is 2.18. The van der Waals surface area contributed by atoms with Crippen LogP contribution in [0.3, 0.4) is 0 Å². The van der Waals surface area contributed by atoms with Gasteiger partial charge in [-0.15, -0.1) is 0 Å². The molecule has 0 aliphatic carbocycles. The average molecular weight is 310 g/mol. The van der Waals surface area contributed by atoms with Crippen molar-refractivity contribution in [3.05, 3.63) is 47.1 Å². The summed E-state index contributed by atoms with van der Waals surface area (Å²) in [5.41, 5.74) is 1.83. The Balaban J connectivity index is 1.68. The summed E-state index contributed by atoms with van der Waals surface area (Å²) in [6.07, 6.45) is 5.54. The summed E-state index contributed by atoms with van der Waals surface area (Å²) >= 11 is 0. The van der Waals surface area contributed by atoms with E-state index in [-0.39, 0.29) is 17.6 Å². The molecule has 2 aliphatic heterocycles. The number of hydrogen-bond acceptors (Lipinski definition) is 4. The quantitative estimate of drug-likeness (QED) is 0.683. The summed E-state index contributed by atoms with van der Waals surface area (Å²) in [7, 11) is 0. The van der Waals surface area contributed by atoms with Crippen LogP contribution in [0.4, 0.5) is 0 Å². The van der Waals surface area contributed by atoms with Gasteiger partial charge >= 0.3 is 0 Å². The molecule has 5 heteroatoms. The van der Waals surface area contributed by atoms with E-state index in [2.05, 4.69) is 5.32 Å². The number of ether oxygens (including phenoxy) is 2. The molecule has 1 aromatic rings. The van der Waals surface area contributed by atoms with Gasteiger partial charge < -0.3 is 14.8 Å². The summed E-state index contributed by atoms with van der Waals surface area (Å²) in [6.45, 7) is 1.53. The van der Waals surface area contributed by atoms with Crippen LogP contribution in [0.5, 0.6) is 5.75 Å². The second-order valence-corrected chi connectivity index (χ2v) is 5.56. The predicted molar refractivity (Wildman–Crippen MR) is 85.6 cm³/mol. The van der Waals surface area contributed by atoms with Gasteiger partial charge in [-0.05, 0) is 36.6 Å². The normalized spacial score (nSPS) is 20.0. The van der Waals surface area contributed by atoms with Crippen LogP contribution in [0.1, 0.15) is 18.4 Å². The SMILES string of the molecule is N#C/C(=C\C1=Cc2ccccc2OC1)C(=O)NC[C@@H]1CCCO1. The second-order valence-electron chi connectivity index (χ2n) is 5.56. The van der Waals surface area contributed by atoms with Crippen molar-refractivity contribution in [3.63, 3.8) is 0 Å². The molecule has 1 atom stereocenters. The Hall–Kier alpha value is -2.58. The third-order valence-electron chi connectivity index (χ3n) is 3.86. The van der Waals surface area contributed by atoms with Crippen LogP contribution in [0.25, 0.3) is 6.08 Å². The maximum atomic E-state index is 12.1. The van der Waals surface area contributed by atoms with Gasteiger partial charge in [-0.3, -0.25) is 4.79 Å². The van der Waals surface area contributed by atoms with Gasteiger partial charge in [0, 0.05) is 18.7 Å². The number of fused-ring (bicyclic) bond motifs is 1. The van der Waals surface area contributed by atoms with Gasteiger partial charge in [-0.2, -0.15) is 5.26 Å². The van der Waals surface area contributed by atoms with Gasteiger partial charge in [0.05, 0.1) is 6.10 Å². The number of benzene rings is 1. The van der Waals surface area contributed by atoms with Crippen LogP contribution in [-0.2, 0) is 9.53 Å². The fourth-order valence-electron chi connectivity index (χ4n) is 2.66. The highest BCUT2D eigenvalue weighted by Crippen LogP contribution is 2.26. The Morgan fingerprint density at radius 3 is 3.09 bits per heavy atom. The molecule has 1 saturated heterocycles. The van der Waals surface area contributed by atoms with E-state index in [0.29, 0.717) is 13.2 Å². The van der Waals surface area contributed by atoms with Crippen molar-refractivity contribution in [3.8, 4) is 11.8 Å². The molecular weight excluding hydrogens is 292 g/mol. The standard InChI is InChI=1S/C18H18N2O3/c19-10-15(18(21)20-11-16-5-3-7-22-16)9-13-8-14-4-1-2-6-17(14)23-12-13/h1-2,4,6,8-9,16H,3,5,7,11-12H2,(H,20,21)/b15-9+/t16-/m0/s1. The zero-order valence-electron chi connectivity index (χ0n) is 12.7. The minimum absolute atomic E-state index is 0.0583. The topological polar surface area (TPSA) is 71.3 Å². The molecule has 1 amide bonds. The number of hydrogen-bond donors (Lipinski definition) is 1. The largest absolute Gasteiger partial charge is 0.488 e. The van der Waals surface area contributed by atoms with Crippen molar-refractivity contribution < 1.29 is 14.3 Å². The lowest BCUT2D eigenvalue weighted by molar-refractivity contribution is -0.117. The maximum Gasteiger partial charge on any atom is 0.262 e. The Morgan fingerprint density at radius 2 is 2.30 bits per heavy atom. The van der Waals surface area contributed by atoms with Crippen LogP contribution in [0.2, 0.25) is 0 Å². The first-order valence-electron chi connectivity index (χ1n) is 7.70. The van der Waals surface area contributed by atoms with Crippen LogP contribution in [-0.4, -0.2) is 31.8 Å². The summed E-state index contributed by atoms with van der Waals surface area (Å²) in [6, 6.07) is 9.62. The first kappa shape index (κ1) is 15.3. The zero-order chi connectivity index (χ0) is 16.1. The summed E-state index contributed by atoms with van der Waals surface area (Å²) < 4.78 is 11.1. The lowest BCUT2D eigenvalue weighted by atomic mass is 10.1. The van der Waals surface area contributed by atoms with Gasteiger partial charge in [0.25, 0.3) is 5.91 Å². The highest BCUT2D eigenvalue weighted by atomic mass is 16.5. The lowest BCUT2D eigenvalue weighted by Crippen LogP contribution is -2.32. The minimum Gasteiger partial charge on any atom is -0.488 e. The van der Waals surface area contributed by atoms with Crippen molar-refractivity contribution in [2.75, 3.05) is 19.8 Å². The van der Waals surface area contributed by atoms with Gasteiger partial charge in [0.1, 0.15) is 24.0 Å². The molecule has 1 fully saturated rings. The van der Waals surface area contributed by atoms with Crippen molar-refractivity contribution in [2.24, 2.45) is 0 Å². The fraction of sp³-hybridized carbons (Fsp3) is 0.333. The summed E-state index contributed by atoms with van der Waals surface area (Å²) in [4.78, 5) is 12.1. The van der Waals surface area contributed by atoms with Crippen molar-refractivity contribution >= 4 is 12.0 Å². The molecule has 5 nitrogen and oxygen atoms in total. The molecule has 0 radical (unpaired) electrons. The monoisotopic (exact) mass is 310 g/mol. The molecule has 1 N–H and O–H groups in total. The van der Waals surface area contributed by atoms with E-state index in [1.54, 1.807) is 6.08 Å². The molecule has 2 aliphatic rings. The average Bonchev–Trinajstić information content (AvgIpc) is 3.11. The van der Waals surface area contributed by atoms with E-state index < -0.39 is 0 Å². The van der Waals surface area contributed by atoms with Crippen molar-refractivity contribution in [1.82, 2.24) is 5.32 Å². The van der Waals surface area contributed by atoms with E-state index in [0.717, 1.165) is 36.3 Å². The Kier molecular flexibility index (Phi) is 4.74. The first-order chi connectivity index (χ1) is 11.3. The highest BCUT2D eigenvalue weighted by molar-refractivity contribution is 5.98.